The van der Waals surface area contributed by atoms with E-state index in [0.29, 0.717) is 16.8 Å². The van der Waals surface area contributed by atoms with Crippen LogP contribution in [0.2, 0.25) is 0 Å². The van der Waals surface area contributed by atoms with Gasteiger partial charge in [0.2, 0.25) is 10.0 Å². The van der Waals surface area contributed by atoms with Crippen LogP contribution in [0.1, 0.15) is 17.3 Å². The van der Waals surface area contributed by atoms with E-state index in [2.05, 4.69) is 4.72 Å². The zero-order valence-electron chi connectivity index (χ0n) is 10.7. The normalized spacial score (nSPS) is 17.5. The number of halogens is 1. The summed E-state index contributed by atoms with van der Waals surface area (Å²) in [4.78, 5) is 11.0. The second-order valence-corrected chi connectivity index (χ2v) is 8.00. The molecule has 0 atom stereocenters. The lowest BCUT2D eigenvalue weighted by atomic mass is 9.89. The predicted octanol–water partition coefficient (Wildman–Crippen LogP) is 1.30. The SMILES string of the molecule is CC1(CNS(=O)(=O)c2ccc(I)c(C(=O)O)c2)COC1. The van der Waals surface area contributed by atoms with Crippen LogP contribution in [0.5, 0.6) is 0 Å². The molecule has 8 heteroatoms. The van der Waals surface area contributed by atoms with Crippen LogP contribution in [0.3, 0.4) is 0 Å². The molecule has 20 heavy (non-hydrogen) atoms. The van der Waals surface area contributed by atoms with Crippen molar-refractivity contribution in [3.8, 4) is 0 Å². The van der Waals surface area contributed by atoms with Crippen LogP contribution in [0.15, 0.2) is 23.1 Å². The Morgan fingerprint density at radius 1 is 1.50 bits per heavy atom. The van der Waals surface area contributed by atoms with Crippen molar-refractivity contribution in [1.29, 1.82) is 0 Å². The molecule has 0 aliphatic carbocycles. The molecule has 1 aromatic rings. The first-order valence-corrected chi connectivity index (χ1v) is 8.40. The smallest absolute Gasteiger partial charge is 0.336 e. The van der Waals surface area contributed by atoms with Crippen molar-refractivity contribution in [2.45, 2.75) is 11.8 Å². The zero-order valence-corrected chi connectivity index (χ0v) is 13.7. The van der Waals surface area contributed by atoms with Gasteiger partial charge in [0, 0.05) is 15.5 Å². The Morgan fingerprint density at radius 2 is 2.15 bits per heavy atom. The van der Waals surface area contributed by atoms with Gasteiger partial charge in [0.15, 0.2) is 0 Å². The number of carbonyl (C=O) groups is 1. The summed E-state index contributed by atoms with van der Waals surface area (Å²) < 4.78 is 32.4. The highest BCUT2D eigenvalue weighted by atomic mass is 127. The van der Waals surface area contributed by atoms with Crippen molar-refractivity contribution < 1.29 is 23.1 Å². The highest BCUT2D eigenvalue weighted by Crippen LogP contribution is 2.26. The summed E-state index contributed by atoms with van der Waals surface area (Å²) in [5.41, 5.74) is -0.210. The number of sulfonamides is 1. The lowest BCUT2D eigenvalue weighted by molar-refractivity contribution is -0.0965. The number of aromatic carboxylic acids is 1. The zero-order chi connectivity index (χ0) is 15.0. The highest BCUT2D eigenvalue weighted by Gasteiger charge is 2.34. The van der Waals surface area contributed by atoms with Gasteiger partial charge in [-0.3, -0.25) is 0 Å². The Morgan fingerprint density at radius 3 is 2.65 bits per heavy atom. The van der Waals surface area contributed by atoms with E-state index < -0.39 is 16.0 Å². The first kappa shape index (κ1) is 15.7. The molecule has 1 saturated heterocycles. The Hall–Kier alpha value is -0.710. The Bertz CT molecular complexity index is 639. The van der Waals surface area contributed by atoms with Crippen LogP contribution >= 0.6 is 22.6 Å². The van der Waals surface area contributed by atoms with Crippen LogP contribution in [0.4, 0.5) is 0 Å². The summed E-state index contributed by atoms with van der Waals surface area (Å²) in [7, 11) is -3.71. The average molecular weight is 411 g/mol. The number of carboxylic acid groups (broad SMARTS) is 1. The number of rotatable bonds is 5. The first-order valence-electron chi connectivity index (χ1n) is 5.84. The van der Waals surface area contributed by atoms with Crippen LogP contribution < -0.4 is 4.72 Å². The summed E-state index contributed by atoms with van der Waals surface area (Å²) in [6.45, 7) is 3.23. The average Bonchev–Trinajstić information content (AvgIpc) is 2.34. The molecule has 2 N–H and O–H groups in total. The van der Waals surface area contributed by atoms with E-state index in [9.17, 15) is 13.2 Å². The molecule has 0 aromatic heterocycles. The van der Waals surface area contributed by atoms with Crippen molar-refractivity contribution in [2.75, 3.05) is 19.8 Å². The molecule has 0 bridgehead atoms. The number of hydrogen-bond acceptors (Lipinski definition) is 4. The van der Waals surface area contributed by atoms with E-state index in [1.165, 1.54) is 18.2 Å². The minimum Gasteiger partial charge on any atom is -0.478 e. The van der Waals surface area contributed by atoms with Crippen LogP contribution in [0.25, 0.3) is 0 Å². The molecule has 0 saturated carbocycles. The molecule has 1 heterocycles. The molecular weight excluding hydrogens is 397 g/mol. The fraction of sp³-hybridized carbons (Fsp3) is 0.417. The summed E-state index contributed by atoms with van der Waals surface area (Å²) in [5, 5.41) is 9.03. The van der Waals surface area contributed by atoms with E-state index in [1.807, 2.05) is 29.5 Å². The van der Waals surface area contributed by atoms with E-state index >= 15 is 0 Å². The molecule has 110 valence electrons. The Labute approximate surface area is 130 Å². The minimum absolute atomic E-state index is 0.0216. The van der Waals surface area contributed by atoms with Gasteiger partial charge in [0.05, 0.1) is 23.7 Å². The molecule has 1 aliphatic heterocycles. The summed E-state index contributed by atoms with van der Waals surface area (Å²) in [6.07, 6.45) is 0. The minimum atomic E-state index is -3.71. The predicted molar refractivity (Wildman–Crippen MR) is 80.2 cm³/mol. The fourth-order valence-corrected chi connectivity index (χ4v) is 3.53. The van der Waals surface area contributed by atoms with Gasteiger partial charge in [0.25, 0.3) is 0 Å². The molecule has 0 amide bonds. The van der Waals surface area contributed by atoms with Gasteiger partial charge in [-0.15, -0.1) is 0 Å². The topological polar surface area (TPSA) is 92.7 Å². The number of carboxylic acids is 1. The van der Waals surface area contributed by atoms with Gasteiger partial charge in [-0.2, -0.15) is 0 Å². The van der Waals surface area contributed by atoms with Gasteiger partial charge in [0.1, 0.15) is 0 Å². The standard InChI is InChI=1S/C12H14INO5S/c1-12(6-19-7-12)5-14-20(17,18)8-2-3-10(13)9(4-8)11(15)16/h2-4,14H,5-7H2,1H3,(H,15,16). The van der Waals surface area contributed by atoms with Crippen LogP contribution in [-0.4, -0.2) is 39.3 Å². The molecule has 0 spiro atoms. The highest BCUT2D eigenvalue weighted by molar-refractivity contribution is 14.1. The third-order valence-electron chi connectivity index (χ3n) is 3.07. The van der Waals surface area contributed by atoms with Gasteiger partial charge in [-0.1, -0.05) is 6.92 Å². The monoisotopic (exact) mass is 411 g/mol. The van der Waals surface area contributed by atoms with E-state index in [-0.39, 0.29) is 22.4 Å². The maximum atomic E-state index is 12.2. The Balaban J connectivity index is 2.21. The van der Waals surface area contributed by atoms with Crippen molar-refractivity contribution in [2.24, 2.45) is 5.41 Å². The quantitative estimate of drug-likeness (QED) is 0.713. The summed E-state index contributed by atoms with van der Waals surface area (Å²) >= 11 is 1.86. The third-order valence-corrected chi connectivity index (χ3v) is 5.41. The van der Waals surface area contributed by atoms with Crippen molar-refractivity contribution >= 4 is 38.6 Å². The largest absolute Gasteiger partial charge is 0.478 e. The molecule has 2 rings (SSSR count). The van der Waals surface area contributed by atoms with Gasteiger partial charge in [-0.25, -0.2) is 17.9 Å². The number of ether oxygens (including phenoxy) is 1. The van der Waals surface area contributed by atoms with Gasteiger partial charge >= 0.3 is 5.97 Å². The third kappa shape index (κ3) is 3.30. The second-order valence-electron chi connectivity index (χ2n) is 5.07. The van der Waals surface area contributed by atoms with E-state index in [0.717, 1.165) is 0 Å². The van der Waals surface area contributed by atoms with Crippen LogP contribution in [-0.2, 0) is 14.8 Å². The van der Waals surface area contributed by atoms with Crippen molar-refractivity contribution in [1.82, 2.24) is 4.72 Å². The Kier molecular flexibility index (Phi) is 4.38. The number of hydrogen-bond donors (Lipinski definition) is 2. The van der Waals surface area contributed by atoms with Crippen molar-refractivity contribution in [3.05, 3.63) is 27.3 Å². The first-order chi connectivity index (χ1) is 9.23. The van der Waals surface area contributed by atoms with Crippen molar-refractivity contribution in [3.63, 3.8) is 0 Å². The fourth-order valence-electron chi connectivity index (χ4n) is 1.74. The summed E-state index contributed by atoms with van der Waals surface area (Å²) in [5.74, 6) is -1.15. The molecule has 0 unspecified atom stereocenters. The molecule has 0 radical (unpaired) electrons. The molecule has 6 nitrogen and oxygen atoms in total. The van der Waals surface area contributed by atoms with E-state index in [4.69, 9.17) is 9.84 Å². The van der Waals surface area contributed by atoms with Gasteiger partial charge in [-0.05, 0) is 40.8 Å². The second kappa shape index (κ2) is 5.58. The lowest BCUT2D eigenvalue weighted by Crippen LogP contribution is -2.48. The molecular formula is C12H14INO5S. The molecule has 1 fully saturated rings. The number of nitrogens with one attached hydrogen (secondary N) is 1. The maximum Gasteiger partial charge on any atom is 0.336 e. The van der Waals surface area contributed by atoms with Gasteiger partial charge < -0.3 is 9.84 Å². The maximum absolute atomic E-state index is 12.2. The number of benzene rings is 1. The molecule has 1 aromatic carbocycles. The molecule has 1 aliphatic rings. The van der Waals surface area contributed by atoms with E-state index in [1.54, 1.807) is 0 Å². The lowest BCUT2D eigenvalue weighted by Gasteiger charge is -2.37. The van der Waals surface area contributed by atoms with Crippen LogP contribution in [0, 0.1) is 8.99 Å². The summed E-state index contributed by atoms with van der Waals surface area (Å²) in [6, 6.07) is 4.05.